The molecule has 0 bridgehead atoms. The van der Waals surface area contributed by atoms with Gasteiger partial charge in [0, 0.05) is 6.54 Å². The van der Waals surface area contributed by atoms with Crippen LogP contribution < -0.4 is 11.1 Å². The maximum Gasteiger partial charge on any atom is 0.126 e. The van der Waals surface area contributed by atoms with Gasteiger partial charge in [0.15, 0.2) is 0 Å². The second-order valence-corrected chi connectivity index (χ2v) is 4.39. The molecule has 3 N–H and O–H groups in total. The molecule has 0 amide bonds. The third-order valence-corrected chi connectivity index (χ3v) is 2.77. The predicted octanol–water partition coefficient (Wildman–Crippen LogP) is 2.21. The maximum absolute atomic E-state index is 13.0. The molecule has 0 heterocycles. The van der Waals surface area contributed by atoms with Crippen LogP contribution in [0.1, 0.15) is 24.5 Å². The molecule has 0 aromatic heterocycles. The zero-order valence-electron chi connectivity index (χ0n) is 10.1. The summed E-state index contributed by atoms with van der Waals surface area (Å²) >= 11 is 0. The summed E-state index contributed by atoms with van der Waals surface area (Å²) in [5, 5.41) is 3.34. The quantitative estimate of drug-likeness (QED) is 0.727. The molecule has 1 aromatic rings. The molecule has 3 heteroatoms. The van der Waals surface area contributed by atoms with Crippen LogP contribution in [0.4, 0.5) is 4.39 Å². The normalized spacial score (nSPS) is 12.8. The van der Waals surface area contributed by atoms with Crippen molar-refractivity contribution >= 4 is 0 Å². The number of hydrogen-bond acceptors (Lipinski definition) is 2. The second kappa shape index (κ2) is 6.61. The highest BCUT2D eigenvalue weighted by Gasteiger charge is 2.00. The molecule has 0 aliphatic rings. The minimum Gasteiger partial charge on any atom is -0.330 e. The molecule has 90 valence electrons. The standard InChI is InChI=1S/C13H21FN2/c1-10(8-15)5-6-16-9-12-3-4-13(14)11(2)7-12/h3-4,7,10,16H,5-6,8-9,15H2,1-2H3. The summed E-state index contributed by atoms with van der Waals surface area (Å²) in [6, 6.07) is 5.23. The molecule has 1 unspecified atom stereocenters. The van der Waals surface area contributed by atoms with E-state index in [-0.39, 0.29) is 5.82 Å². The van der Waals surface area contributed by atoms with E-state index in [0.29, 0.717) is 11.5 Å². The smallest absolute Gasteiger partial charge is 0.126 e. The minimum atomic E-state index is -0.138. The molecule has 0 fully saturated rings. The molecule has 1 aromatic carbocycles. The number of halogens is 1. The van der Waals surface area contributed by atoms with Gasteiger partial charge in [-0.3, -0.25) is 0 Å². The maximum atomic E-state index is 13.0. The number of rotatable bonds is 6. The first-order valence-electron chi connectivity index (χ1n) is 5.79. The van der Waals surface area contributed by atoms with Crippen LogP contribution in [0.5, 0.6) is 0 Å². The van der Waals surface area contributed by atoms with Crippen molar-refractivity contribution in [2.75, 3.05) is 13.1 Å². The largest absolute Gasteiger partial charge is 0.330 e. The van der Waals surface area contributed by atoms with Gasteiger partial charge in [-0.25, -0.2) is 4.39 Å². The van der Waals surface area contributed by atoms with E-state index in [2.05, 4.69) is 12.2 Å². The fourth-order valence-corrected chi connectivity index (χ4v) is 1.52. The average molecular weight is 224 g/mol. The van der Waals surface area contributed by atoms with Gasteiger partial charge < -0.3 is 11.1 Å². The molecule has 1 atom stereocenters. The first kappa shape index (κ1) is 13.1. The Morgan fingerprint density at radius 3 is 2.81 bits per heavy atom. The van der Waals surface area contributed by atoms with Crippen LogP contribution in [0.25, 0.3) is 0 Å². The topological polar surface area (TPSA) is 38.0 Å². The Kier molecular flexibility index (Phi) is 5.43. The lowest BCUT2D eigenvalue weighted by Gasteiger charge is -2.09. The van der Waals surface area contributed by atoms with Gasteiger partial charge in [-0.1, -0.05) is 19.1 Å². The lowest BCUT2D eigenvalue weighted by atomic mass is 10.1. The van der Waals surface area contributed by atoms with Crippen LogP contribution in [-0.2, 0) is 6.54 Å². The summed E-state index contributed by atoms with van der Waals surface area (Å²) in [6.45, 7) is 6.41. The summed E-state index contributed by atoms with van der Waals surface area (Å²) in [5.74, 6) is 0.419. The Hall–Kier alpha value is -0.930. The van der Waals surface area contributed by atoms with Gasteiger partial charge >= 0.3 is 0 Å². The van der Waals surface area contributed by atoms with Crippen LogP contribution in [0, 0.1) is 18.7 Å². The van der Waals surface area contributed by atoms with E-state index >= 15 is 0 Å². The molecule has 0 saturated heterocycles. The van der Waals surface area contributed by atoms with Gasteiger partial charge in [-0.05, 0) is 49.5 Å². The third-order valence-electron chi connectivity index (χ3n) is 2.77. The zero-order chi connectivity index (χ0) is 12.0. The van der Waals surface area contributed by atoms with E-state index in [1.54, 1.807) is 6.92 Å². The highest BCUT2D eigenvalue weighted by molar-refractivity contribution is 5.23. The van der Waals surface area contributed by atoms with Crippen molar-refractivity contribution in [1.82, 2.24) is 5.32 Å². The van der Waals surface area contributed by atoms with Crippen LogP contribution in [-0.4, -0.2) is 13.1 Å². The van der Waals surface area contributed by atoms with E-state index in [9.17, 15) is 4.39 Å². The molecule has 0 saturated carbocycles. The minimum absolute atomic E-state index is 0.138. The first-order valence-corrected chi connectivity index (χ1v) is 5.79. The highest BCUT2D eigenvalue weighted by Crippen LogP contribution is 2.09. The van der Waals surface area contributed by atoms with Gasteiger partial charge in [0.05, 0.1) is 0 Å². The monoisotopic (exact) mass is 224 g/mol. The Morgan fingerprint density at radius 1 is 1.44 bits per heavy atom. The van der Waals surface area contributed by atoms with Crippen molar-refractivity contribution in [2.24, 2.45) is 11.7 Å². The highest BCUT2D eigenvalue weighted by atomic mass is 19.1. The van der Waals surface area contributed by atoms with Crippen molar-refractivity contribution in [3.63, 3.8) is 0 Å². The summed E-state index contributed by atoms with van der Waals surface area (Å²) in [5.41, 5.74) is 7.36. The van der Waals surface area contributed by atoms with Crippen LogP contribution in [0.2, 0.25) is 0 Å². The summed E-state index contributed by atoms with van der Waals surface area (Å²) in [6.07, 6.45) is 1.08. The van der Waals surface area contributed by atoms with Crippen LogP contribution >= 0.6 is 0 Å². The molecule has 0 aliphatic carbocycles. The van der Waals surface area contributed by atoms with Crippen molar-refractivity contribution in [2.45, 2.75) is 26.8 Å². The van der Waals surface area contributed by atoms with Crippen LogP contribution in [0.15, 0.2) is 18.2 Å². The number of nitrogens with one attached hydrogen (secondary N) is 1. The van der Waals surface area contributed by atoms with Crippen molar-refractivity contribution in [3.05, 3.63) is 35.1 Å². The predicted molar refractivity (Wildman–Crippen MR) is 65.7 cm³/mol. The van der Waals surface area contributed by atoms with E-state index in [4.69, 9.17) is 5.73 Å². The van der Waals surface area contributed by atoms with Gasteiger partial charge in [0.1, 0.15) is 5.82 Å². The second-order valence-electron chi connectivity index (χ2n) is 4.39. The summed E-state index contributed by atoms with van der Waals surface area (Å²) < 4.78 is 13.0. The fraction of sp³-hybridized carbons (Fsp3) is 0.538. The molecule has 1 rings (SSSR count). The summed E-state index contributed by atoms with van der Waals surface area (Å²) in [7, 11) is 0. The molecule has 2 nitrogen and oxygen atoms in total. The molecule has 16 heavy (non-hydrogen) atoms. The molecule has 0 spiro atoms. The van der Waals surface area contributed by atoms with Crippen molar-refractivity contribution in [1.29, 1.82) is 0 Å². The number of hydrogen-bond donors (Lipinski definition) is 2. The molecular formula is C13H21FN2. The lowest BCUT2D eigenvalue weighted by Crippen LogP contribution is -2.20. The number of aryl methyl sites for hydroxylation is 1. The molecule has 0 radical (unpaired) electrons. The lowest BCUT2D eigenvalue weighted by molar-refractivity contribution is 0.509. The van der Waals surface area contributed by atoms with E-state index in [0.717, 1.165) is 31.6 Å². The van der Waals surface area contributed by atoms with E-state index < -0.39 is 0 Å². The van der Waals surface area contributed by atoms with Gasteiger partial charge in [0.25, 0.3) is 0 Å². The van der Waals surface area contributed by atoms with E-state index in [1.807, 2.05) is 12.1 Å². The van der Waals surface area contributed by atoms with Gasteiger partial charge in [-0.15, -0.1) is 0 Å². The fourth-order valence-electron chi connectivity index (χ4n) is 1.52. The third kappa shape index (κ3) is 4.29. The summed E-state index contributed by atoms with van der Waals surface area (Å²) in [4.78, 5) is 0. The van der Waals surface area contributed by atoms with Gasteiger partial charge in [-0.2, -0.15) is 0 Å². The molecule has 0 aliphatic heterocycles. The van der Waals surface area contributed by atoms with Crippen LogP contribution in [0.3, 0.4) is 0 Å². The Morgan fingerprint density at radius 2 is 2.19 bits per heavy atom. The number of nitrogens with two attached hydrogens (primary N) is 1. The first-order chi connectivity index (χ1) is 7.63. The number of benzene rings is 1. The van der Waals surface area contributed by atoms with Crippen molar-refractivity contribution < 1.29 is 4.39 Å². The Bertz CT molecular complexity index is 326. The molecular weight excluding hydrogens is 203 g/mol. The Labute approximate surface area is 97.0 Å². The average Bonchev–Trinajstić information content (AvgIpc) is 2.28. The van der Waals surface area contributed by atoms with Crippen molar-refractivity contribution in [3.8, 4) is 0 Å². The zero-order valence-corrected chi connectivity index (χ0v) is 10.1. The Balaban J connectivity index is 2.29. The SMILES string of the molecule is Cc1cc(CNCCC(C)CN)ccc1F. The van der Waals surface area contributed by atoms with Gasteiger partial charge in [0.2, 0.25) is 0 Å². The van der Waals surface area contributed by atoms with E-state index in [1.165, 1.54) is 6.07 Å².